The number of nitrogens with one attached hydrogen (secondary N) is 2. The Bertz CT molecular complexity index is 915. The molecule has 0 atom stereocenters. The summed E-state index contributed by atoms with van der Waals surface area (Å²) >= 11 is 5.86. The van der Waals surface area contributed by atoms with E-state index in [0.717, 1.165) is 11.3 Å². The van der Waals surface area contributed by atoms with E-state index in [1.807, 2.05) is 49.4 Å². The fourth-order valence-electron chi connectivity index (χ4n) is 2.53. The van der Waals surface area contributed by atoms with E-state index in [0.29, 0.717) is 35.2 Å². The first-order chi connectivity index (χ1) is 13.7. The standard InChI is InChI=1S/C22H21ClN2O3/c1-2-27-21-14-16(15-24-25-19-6-4-3-5-7-19)8-13-20(21)28-22(26)17-9-11-18(23)12-10-17/h3-14,24-25H,2,15H2,1H3. The monoisotopic (exact) mass is 396 g/mol. The van der Waals surface area contributed by atoms with Crippen LogP contribution in [0, 0.1) is 0 Å². The maximum absolute atomic E-state index is 12.4. The molecule has 0 heterocycles. The minimum Gasteiger partial charge on any atom is -0.490 e. The van der Waals surface area contributed by atoms with Gasteiger partial charge in [-0.15, -0.1) is 0 Å². The third-order valence-electron chi connectivity index (χ3n) is 3.89. The Kier molecular flexibility index (Phi) is 6.89. The molecule has 0 aliphatic rings. The SMILES string of the molecule is CCOc1cc(CNNc2ccccc2)ccc1OC(=O)c1ccc(Cl)cc1. The van der Waals surface area contributed by atoms with Gasteiger partial charge in [0.25, 0.3) is 0 Å². The molecule has 0 aliphatic heterocycles. The number of carbonyl (C=O) groups excluding carboxylic acids is 1. The van der Waals surface area contributed by atoms with Crippen LogP contribution >= 0.6 is 11.6 Å². The molecule has 3 rings (SSSR count). The number of rotatable bonds is 8. The fourth-order valence-corrected chi connectivity index (χ4v) is 2.66. The summed E-state index contributed by atoms with van der Waals surface area (Å²) in [5, 5.41) is 0.563. The molecule has 28 heavy (non-hydrogen) atoms. The Morgan fingerprint density at radius 3 is 2.43 bits per heavy atom. The van der Waals surface area contributed by atoms with Crippen molar-refractivity contribution in [1.82, 2.24) is 5.43 Å². The molecule has 0 unspecified atom stereocenters. The number of ether oxygens (including phenoxy) is 2. The number of esters is 1. The van der Waals surface area contributed by atoms with Crippen LogP contribution < -0.4 is 20.3 Å². The van der Waals surface area contributed by atoms with Gasteiger partial charge in [-0.1, -0.05) is 35.9 Å². The molecule has 0 fully saturated rings. The number of para-hydroxylation sites is 1. The third kappa shape index (κ3) is 5.49. The number of hydrazine groups is 1. The van der Waals surface area contributed by atoms with Gasteiger partial charge < -0.3 is 14.9 Å². The fraction of sp³-hybridized carbons (Fsp3) is 0.136. The van der Waals surface area contributed by atoms with Crippen molar-refractivity contribution in [2.75, 3.05) is 12.0 Å². The Morgan fingerprint density at radius 1 is 0.964 bits per heavy atom. The second kappa shape index (κ2) is 9.78. The summed E-state index contributed by atoms with van der Waals surface area (Å²) in [6.45, 7) is 2.91. The van der Waals surface area contributed by atoms with Gasteiger partial charge in [-0.3, -0.25) is 0 Å². The van der Waals surface area contributed by atoms with Crippen LogP contribution in [0.15, 0.2) is 72.8 Å². The lowest BCUT2D eigenvalue weighted by atomic mass is 10.2. The van der Waals surface area contributed by atoms with Crippen LogP contribution in [0.25, 0.3) is 0 Å². The van der Waals surface area contributed by atoms with Gasteiger partial charge in [-0.2, -0.15) is 0 Å². The molecule has 144 valence electrons. The topological polar surface area (TPSA) is 59.6 Å². The predicted molar refractivity (Wildman–Crippen MR) is 111 cm³/mol. The molecule has 0 amide bonds. The van der Waals surface area contributed by atoms with Gasteiger partial charge >= 0.3 is 5.97 Å². The highest BCUT2D eigenvalue weighted by Gasteiger charge is 2.13. The molecule has 0 aliphatic carbocycles. The van der Waals surface area contributed by atoms with E-state index >= 15 is 0 Å². The summed E-state index contributed by atoms with van der Waals surface area (Å²) in [5.74, 6) is 0.430. The molecule has 0 saturated heterocycles. The quantitative estimate of drug-likeness (QED) is 0.316. The lowest BCUT2D eigenvalue weighted by Crippen LogP contribution is -2.20. The van der Waals surface area contributed by atoms with Crippen molar-refractivity contribution >= 4 is 23.3 Å². The number of halogens is 1. The van der Waals surface area contributed by atoms with Crippen LogP contribution in [-0.2, 0) is 6.54 Å². The maximum atomic E-state index is 12.4. The average Bonchev–Trinajstić information content (AvgIpc) is 2.71. The molecular weight excluding hydrogens is 376 g/mol. The van der Waals surface area contributed by atoms with E-state index in [4.69, 9.17) is 21.1 Å². The first kappa shape index (κ1) is 19.7. The van der Waals surface area contributed by atoms with E-state index in [-0.39, 0.29) is 0 Å². The molecule has 3 aromatic rings. The van der Waals surface area contributed by atoms with Gasteiger partial charge in [0.2, 0.25) is 0 Å². The molecule has 2 N–H and O–H groups in total. The van der Waals surface area contributed by atoms with Crippen LogP contribution in [0.1, 0.15) is 22.8 Å². The molecule has 0 bridgehead atoms. The largest absolute Gasteiger partial charge is 0.490 e. The van der Waals surface area contributed by atoms with E-state index in [9.17, 15) is 4.79 Å². The summed E-state index contributed by atoms with van der Waals surface area (Å²) in [7, 11) is 0. The van der Waals surface area contributed by atoms with Crippen LogP contribution in [0.3, 0.4) is 0 Å². The highest BCUT2D eigenvalue weighted by molar-refractivity contribution is 6.30. The van der Waals surface area contributed by atoms with Crippen molar-refractivity contribution in [3.8, 4) is 11.5 Å². The van der Waals surface area contributed by atoms with Gasteiger partial charge in [0, 0.05) is 17.3 Å². The zero-order valence-corrected chi connectivity index (χ0v) is 16.2. The van der Waals surface area contributed by atoms with E-state index in [1.54, 1.807) is 30.3 Å². The summed E-state index contributed by atoms with van der Waals surface area (Å²) in [4.78, 5) is 12.4. The molecule has 5 nitrogen and oxygen atoms in total. The highest BCUT2D eigenvalue weighted by atomic mass is 35.5. The average molecular weight is 397 g/mol. The predicted octanol–water partition coefficient (Wildman–Crippen LogP) is 5.07. The smallest absolute Gasteiger partial charge is 0.343 e. The van der Waals surface area contributed by atoms with Crippen LogP contribution in [0.4, 0.5) is 5.69 Å². The second-order valence-corrected chi connectivity index (χ2v) is 6.39. The van der Waals surface area contributed by atoms with Crippen molar-refractivity contribution in [2.45, 2.75) is 13.5 Å². The summed E-state index contributed by atoms with van der Waals surface area (Å²) in [6, 6.07) is 21.8. The summed E-state index contributed by atoms with van der Waals surface area (Å²) in [5.41, 5.74) is 8.66. The van der Waals surface area contributed by atoms with Crippen LogP contribution in [0.5, 0.6) is 11.5 Å². The van der Waals surface area contributed by atoms with E-state index in [1.165, 1.54) is 0 Å². The molecule has 6 heteroatoms. The van der Waals surface area contributed by atoms with Gasteiger partial charge in [0.05, 0.1) is 12.2 Å². The Labute approximate surface area is 169 Å². The lowest BCUT2D eigenvalue weighted by Gasteiger charge is -2.13. The van der Waals surface area contributed by atoms with Crippen LogP contribution in [-0.4, -0.2) is 12.6 Å². The molecule has 0 saturated carbocycles. The zero-order chi connectivity index (χ0) is 19.8. The van der Waals surface area contributed by atoms with Crippen molar-refractivity contribution < 1.29 is 14.3 Å². The Balaban J connectivity index is 1.66. The van der Waals surface area contributed by atoms with Gasteiger partial charge in [0.1, 0.15) is 0 Å². The Morgan fingerprint density at radius 2 is 1.71 bits per heavy atom. The molecule has 0 spiro atoms. The highest BCUT2D eigenvalue weighted by Crippen LogP contribution is 2.29. The Hall–Kier alpha value is -3.02. The van der Waals surface area contributed by atoms with Crippen LogP contribution in [0.2, 0.25) is 5.02 Å². The zero-order valence-electron chi connectivity index (χ0n) is 15.4. The van der Waals surface area contributed by atoms with Gasteiger partial charge in [-0.05, 0) is 61.0 Å². The van der Waals surface area contributed by atoms with Crippen molar-refractivity contribution in [3.63, 3.8) is 0 Å². The van der Waals surface area contributed by atoms with Gasteiger partial charge in [-0.25, -0.2) is 10.2 Å². The minimum atomic E-state index is -0.464. The minimum absolute atomic E-state index is 0.376. The molecule has 3 aromatic carbocycles. The third-order valence-corrected chi connectivity index (χ3v) is 4.14. The maximum Gasteiger partial charge on any atom is 0.343 e. The molecular formula is C22H21ClN2O3. The second-order valence-electron chi connectivity index (χ2n) is 5.96. The normalized spacial score (nSPS) is 10.4. The first-order valence-electron chi connectivity index (χ1n) is 8.93. The lowest BCUT2D eigenvalue weighted by molar-refractivity contribution is 0.0728. The van der Waals surface area contributed by atoms with Crippen molar-refractivity contribution in [1.29, 1.82) is 0 Å². The van der Waals surface area contributed by atoms with Crippen molar-refractivity contribution in [2.24, 2.45) is 0 Å². The number of hydrogen-bond acceptors (Lipinski definition) is 5. The molecule has 0 aromatic heterocycles. The van der Waals surface area contributed by atoms with Gasteiger partial charge in [0.15, 0.2) is 11.5 Å². The number of benzene rings is 3. The number of carbonyl (C=O) groups is 1. The number of anilines is 1. The first-order valence-corrected chi connectivity index (χ1v) is 9.31. The molecule has 0 radical (unpaired) electrons. The summed E-state index contributed by atoms with van der Waals surface area (Å²) < 4.78 is 11.2. The number of hydrogen-bond donors (Lipinski definition) is 2. The summed E-state index contributed by atoms with van der Waals surface area (Å²) in [6.07, 6.45) is 0. The van der Waals surface area contributed by atoms with Crippen molar-refractivity contribution in [3.05, 3.63) is 88.9 Å². The van der Waals surface area contributed by atoms with E-state index in [2.05, 4.69) is 10.9 Å². The van der Waals surface area contributed by atoms with E-state index < -0.39 is 5.97 Å².